The molecule has 2 aromatic rings. The number of aromatic nitrogens is 1. The molecule has 1 aromatic carbocycles. The molecule has 232 valence electrons. The summed E-state index contributed by atoms with van der Waals surface area (Å²) >= 11 is 5.94. The fourth-order valence-electron chi connectivity index (χ4n) is 3.67. The van der Waals surface area contributed by atoms with Gasteiger partial charge in [0.15, 0.2) is 5.69 Å². The Morgan fingerprint density at radius 1 is 0.907 bits per heavy atom. The number of pyridine rings is 1. The third-order valence-corrected chi connectivity index (χ3v) is 6.60. The lowest BCUT2D eigenvalue weighted by atomic mass is 9.94. The average Bonchev–Trinajstić information content (AvgIpc) is 2.86. The Balaban J connectivity index is 2.25. The van der Waals surface area contributed by atoms with Gasteiger partial charge in [0.2, 0.25) is 5.75 Å². The van der Waals surface area contributed by atoms with Crippen LogP contribution < -0.4 is 9.47 Å². The number of fused-ring (bicyclic) bond motifs is 1. The van der Waals surface area contributed by atoms with E-state index in [9.17, 15) is 28.4 Å². The molecule has 10 nitrogen and oxygen atoms in total. The Kier molecular flexibility index (Phi) is 9.41. The van der Waals surface area contributed by atoms with Gasteiger partial charge in [-0.15, -0.1) is 0 Å². The van der Waals surface area contributed by atoms with Crippen molar-refractivity contribution in [3.63, 3.8) is 0 Å². The van der Waals surface area contributed by atoms with Crippen LogP contribution in [0.15, 0.2) is 18.2 Å². The van der Waals surface area contributed by atoms with Crippen LogP contribution in [0.2, 0.25) is 5.02 Å². The summed E-state index contributed by atoms with van der Waals surface area (Å²) in [5.41, 5.74) is -3.25. The molecule has 0 unspecified atom stereocenters. The van der Waals surface area contributed by atoms with Crippen LogP contribution in [0.3, 0.4) is 0 Å². The van der Waals surface area contributed by atoms with Gasteiger partial charge in [0.05, 0.1) is 26.8 Å². The quantitative estimate of drug-likeness (QED) is 0.306. The zero-order valence-corrected chi connectivity index (χ0v) is 26.5. The number of carbonyl (C=O) groups is 5. The second-order valence-corrected chi connectivity index (χ2v) is 13.8. The van der Waals surface area contributed by atoms with Crippen LogP contribution in [0.4, 0.5) is 4.39 Å². The van der Waals surface area contributed by atoms with E-state index < -0.39 is 69.2 Å². The first-order valence-corrected chi connectivity index (χ1v) is 14.0. The smallest absolute Gasteiger partial charge is 0.365 e. The Morgan fingerprint density at radius 3 is 2.00 bits per heavy atom. The van der Waals surface area contributed by atoms with Crippen LogP contribution in [0.1, 0.15) is 94.3 Å². The molecule has 0 spiro atoms. The molecule has 1 amide bonds. The molecule has 3 rings (SSSR count). The van der Waals surface area contributed by atoms with Gasteiger partial charge in [-0.25, -0.2) is 14.2 Å². The van der Waals surface area contributed by atoms with Crippen molar-refractivity contribution in [1.82, 2.24) is 9.88 Å². The molecule has 1 aromatic heterocycles. The molecule has 1 aliphatic rings. The Labute approximate surface area is 254 Å². The van der Waals surface area contributed by atoms with E-state index in [2.05, 4.69) is 4.98 Å². The highest BCUT2D eigenvalue weighted by Crippen LogP contribution is 2.40. The Bertz CT molecular complexity index is 1500. The second kappa shape index (κ2) is 12.0. The zero-order valence-electron chi connectivity index (χ0n) is 25.8. The van der Waals surface area contributed by atoms with Crippen molar-refractivity contribution in [1.29, 1.82) is 0 Å². The standard InChI is InChI=1S/C31H36ClFN2O8/c1-29(2,3)26(38)41-22-20-17(12-13-35(24(20)36)15-16-10-11-19(33)18(32)14-16)21(25(37)43-28(40)31(7,8)9)34-23(22)42-27(39)30(4,5)6/h10-11,14H,12-13,15H2,1-9H3. The molecular weight excluding hydrogens is 583 g/mol. The molecule has 1 aliphatic heterocycles. The van der Waals surface area contributed by atoms with Gasteiger partial charge in [-0.3, -0.25) is 19.2 Å². The number of rotatable bonds is 5. The van der Waals surface area contributed by atoms with Gasteiger partial charge < -0.3 is 19.1 Å². The average molecular weight is 619 g/mol. The maximum absolute atomic E-state index is 14.1. The summed E-state index contributed by atoms with van der Waals surface area (Å²) in [6.07, 6.45) is 0.0324. The zero-order chi connectivity index (χ0) is 32.7. The first-order valence-electron chi connectivity index (χ1n) is 13.6. The molecule has 0 saturated carbocycles. The summed E-state index contributed by atoms with van der Waals surface area (Å²) in [5, 5.41) is -0.128. The number of nitrogens with zero attached hydrogens (tertiary/aromatic N) is 2. The van der Waals surface area contributed by atoms with Crippen LogP contribution in [-0.2, 0) is 32.1 Å². The maximum Gasteiger partial charge on any atom is 0.365 e. The fraction of sp³-hybridized carbons (Fsp3) is 0.484. The summed E-state index contributed by atoms with van der Waals surface area (Å²) in [7, 11) is 0. The highest BCUT2D eigenvalue weighted by molar-refractivity contribution is 6.30. The van der Waals surface area contributed by atoms with Crippen LogP contribution in [-0.4, -0.2) is 46.2 Å². The summed E-state index contributed by atoms with van der Waals surface area (Å²) in [5.74, 6) is -5.93. The lowest BCUT2D eigenvalue weighted by Gasteiger charge is -2.31. The number of carbonyl (C=O) groups excluding carboxylic acids is 5. The monoisotopic (exact) mass is 618 g/mol. The van der Waals surface area contributed by atoms with Crippen molar-refractivity contribution in [2.45, 2.75) is 75.3 Å². The van der Waals surface area contributed by atoms with E-state index in [1.54, 1.807) is 62.3 Å². The molecule has 0 radical (unpaired) electrons. The number of ether oxygens (including phenoxy) is 3. The SMILES string of the molecule is CC(C)(C)C(=O)OC(=O)c1nc(OC(=O)C(C)(C)C)c(OC(=O)C(C)(C)C)c2c1CCN(Cc1ccc(F)c(Cl)c1)C2=O. The summed E-state index contributed by atoms with van der Waals surface area (Å²) in [6.45, 7) is 14.2. The van der Waals surface area contributed by atoms with E-state index in [-0.39, 0.29) is 35.7 Å². The van der Waals surface area contributed by atoms with E-state index in [0.29, 0.717) is 5.56 Å². The number of halogens is 2. The van der Waals surface area contributed by atoms with E-state index in [1.165, 1.54) is 23.1 Å². The fourth-order valence-corrected chi connectivity index (χ4v) is 3.88. The van der Waals surface area contributed by atoms with Gasteiger partial charge in [-0.1, -0.05) is 17.7 Å². The van der Waals surface area contributed by atoms with Gasteiger partial charge in [0.25, 0.3) is 11.8 Å². The largest absolute Gasteiger partial charge is 0.419 e. The van der Waals surface area contributed by atoms with Crippen molar-refractivity contribution < 1.29 is 42.6 Å². The van der Waals surface area contributed by atoms with Crippen molar-refractivity contribution in [2.75, 3.05) is 6.54 Å². The minimum Gasteiger partial charge on any atom is -0.419 e. The predicted octanol–water partition coefficient (Wildman–Crippen LogP) is 5.71. The van der Waals surface area contributed by atoms with Crippen LogP contribution >= 0.6 is 11.6 Å². The van der Waals surface area contributed by atoms with Gasteiger partial charge in [0, 0.05) is 18.7 Å². The number of esters is 4. The molecule has 0 N–H and O–H groups in total. The predicted molar refractivity (Wildman–Crippen MR) is 154 cm³/mol. The normalized spacial score (nSPS) is 13.7. The van der Waals surface area contributed by atoms with Crippen LogP contribution in [0, 0.1) is 22.1 Å². The molecule has 12 heteroatoms. The van der Waals surface area contributed by atoms with Crippen molar-refractivity contribution in [3.8, 4) is 11.6 Å². The second-order valence-electron chi connectivity index (χ2n) is 13.4. The van der Waals surface area contributed by atoms with Crippen molar-refractivity contribution >= 4 is 41.4 Å². The number of benzene rings is 1. The topological polar surface area (TPSA) is 129 Å². The number of amides is 1. The van der Waals surface area contributed by atoms with Gasteiger partial charge in [0.1, 0.15) is 5.82 Å². The van der Waals surface area contributed by atoms with Gasteiger partial charge >= 0.3 is 23.9 Å². The minimum absolute atomic E-state index is 0.00729. The minimum atomic E-state index is -1.16. The third-order valence-electron chi connectivity index (χ3n) is 6.31. The highest BCUT2D eigenvalue weighted by atomic mass is 35.5. The molecule has 43 heavy (non-hydrogen) atoms. The third kappa shape index (κ3) is 7.76. The van der Waals surface area contributed by atoms with Crippen molar-refractivity contribution in [2.24, 2.45) is 16.2 Å². The molecule has 0 fully saturated rings. The number of hydrogen-bond donors (Lipinski definition) is 0. The summed E-state index contributed by atoms with van der Waals surface area (Å²) in [6, 6.07) is 4.02. The first kappa shape index (κ1) is 33.6. The van der Waals surface area contributed by atoms with Crippen LogP contribution in [0.5, 0.6) is 11.6 Å². The molecule has 0 bridgehead atoms. The summed E-state index contributed by atoms with van der Waals surface area (Å²) < 4.78 is 30.1. The van der Waals surface area contributed by atoms with E-state index >= 15 is 0 Å². The molecule has 2 heterocycles. The van der Waals surface area contributed by atoms with E-state index in [4.69, 9.17) is 25.8 Å². The van der Waals surface area contributed by atoms with E-state index in [1.807, 2.05) is 0 Å². The van der Waals surface area contributed by atoms with Gasteiger partial charge in [-0.05, 0) is 86.4 Å². The molecule has 0 saturated heterocycles. The van der Waals surface area contributed by atoms with Crippen molar-refractivity contribution in [3.05, 3.63) is 51.4 Å². The number of hydrogen-bond acceptors (Lipinski definition) is 9. The van der Waals surface area contributed by atoms with Crippen LogP contribution in [0.25, 0.3) is 0 Å². The lowest BCUT2D eigenvalue weighted by Crippen LogP contribution is -2.40. The molecule has 0 aliphatic carbocycles. The molecular formula is C31H36ClFN2O8. The van der Waals surface area contributed by atoms with Gasteiger partial charge in [-0.2, -0.15) is 0 Å². The summed E-state index contributed by atoms with van der Waals surface area (Å²) in [4.78, 5) is 71.6. The Hall–Kier alpha value is -3.86. The highest BCUT2D eigenvalue weighted by Gasteiger charge is 2.40. The lowest BCUT2D eigenvalue weighted by molar-refractivity contribution is -0.147. The first-order chi connectivity index (χ1) is 19.6. The van der Waals surface area contributed by atoms with E-state index in [0.717, 1.165) is 0 Å². The molecule has 0 atom stereocenters. The maximum atomic E-state index is 14.1. The Morgan fingerprint density at radius 2 is 1.47 bits per heavy atom.